The van der Waals surface area contributed by atoms with Gasteiger partial charge >= 0.3 is 0 Å². The van der Waals surface area contributed by atoms with E-state index in [-0.39, 0.29) is 30.2 Å². The van der Waals surface area contributed by atoms with Crippen LogP contribution in [0.15, 0.2) is 12.5 Å². The Morgan fingerprint density at radius 2 is 2.24 bits per heavy atom. The van der Waals surface area contributed by atoms with Crippen molar-refractivity contribution in [2.45, 2.75) is 32.7 Å². The minimum Gasteiger partial charge on any atom is -0.353 e. The molecule has 9 heteroatoms. The third-order valence-corrected chi connectivity index (χ3v) is 4.80. The van der Waals surface area contributed by atoms with Gasteiger partial charge in [-0.1, -0.05) is 6.92 Å². The van der Waals surface area contributed by atoms with Gasteiger partial charge in [0.1, 0.15) is 12.2 Å². The van der Waals surface area contributed by atoms with Crippen LogP contribution < -0.4 is 5.32 Å². The summed E-state index contributed by atoms with van der Waals surface area (Å²) in [6.07, 6.45) is 3.92. The number of nitrogens with zero attached hydrogens (tertiary/aromatic N) is 5. The molecule has 1 saturated heterocycles. The van der Waals surface area contributed by atoms with Crippen LogP contribution in [0.4, 0.5) is 0 Å². The molecular formula is C16H23N7O2. The van der Waals surface area contributed by atoms with Gasteiger partial charge in [-0.15, -0.1) is 0 Å². The van der Waals surface area contributed by atoms with E-state index in [2.05, 4.69) is 32.5 Å². The van der Waals surface area contributed by atoms with E-state index in [9.17, 15) is 9.59 Å². The maximum absolute atomic E-state index is 12.7. The normalized spacial score (nSPS) is 20.5. The maximum Gasteiger partial charge on any atom is 0.257 e. The Hall–Kier alpha value is -2.71. The highest BCUT2D eigenvalue weighted by Crippen LogP contribution is 2.20. The van der Waals surface area contributed by atoms with Crippen molar-refractivity contribution in [2.24, 2.45) is 13.0 Å². The number of aryl methyl sites for hydroxylation is 1. The summed E-state index contributed by atoms with van der Waals surface area (Å²) in [6, 6.07) is 0.0504. The van der Waals surface area contributed by atoms with Crippen molar-refractivity contribution in [1.82, 2.24) is 35.2 Å². The number of amides is 2. The molecule has 0 radical (unpaired) electrons. The Kier molecular flexibility index (Phi) is 4.82. The van der Waals surface area contributed by atoms with E-state index in [0.29, 0.717) is 24.5 Å². The number of hydrogen-bond acceptors (Lipinski definition) is 5. The highest BCUT2D eigenvalue weighted by atomic mass is 16.2. The quantitative estimate of drug-likeness (QED) is 0.814. The van der Waals surface area contributed by atoms with Crippen LogP contribution in [-0.4, -0.2) is 60.8 Å². The third kappa shape index (κ3) is 3.70. The number of carbonyl (C=O) groups excluding carboxylic acids is 2. The zero-order valence-corrected chi connectivity index (χ0v) is 14.7. The van der Waals surface area contributed by atoms with E-state index < -0.39 is 0 Å². The number of likely N-dealkylation sites (tertiary alicyclic amines) is 1. The summed E-state index contributed by atoms with van der Waals surface area (Å²) < 4.78 is 1.70. The van der Waals surface area contributed by atoms with Crippen molar-refractivity contribution in [3.63, 3.8) is 0 Å². The van der Waals surface area contributed by atoms with Crippen molar-refractivity contribution >= 4 is 11.8 Å². The Morgan fingerprint density at radius 3 is 2.84 bits per heavy atom. The molecule has 0 spiro atoms. The zero-order chi connectivity index (χ0) is 18.0. The number of hydrogen-bond donors (Lipinski definition) is 2. The molecule has 0 aromatic carbocycles. The minimum atomic E-state index is -0.0866. The van der Waals surface area contributed by atoms with E-state index in [0.717, 1.165) is 12.1 Å². The molecule has 0 bridgehead atoms. The maximum atomic E-state index is 12.7. The first-order valence-electron chi connectivity index (χ1n) is 8.37. The molecule has 2 atom stereocenters. The highest BCUT2D eigenvalue weighted by molar-refractivity contribution is 5.95. The van der Waals surface area contributed by atoms with Crippen LogP contribution in [0.25, 0.3) is 0 Å². The number of carbonyl (C=O) groups is 2. The second kappa shape index (κ2) is 7.04. The molecule has 134 valence electrons. The molecule has 2 aromatic rings. The number of piperidine rings is 1. The second-order valence-electron chi connectivity index (χ2n) is 6.57. The Morgan fingerprint density at radius 1 is 1.44 bits per heavy atom. The molecule has 1 fully saturated rings. The van der Waals surface area contributed by atoms with Gasteiger partial charge in [-0.3, -0.25) is 19.4 Å². The molecule has 2 amide bonds. The average Bonchev–Trinajstić information content (AvgIpc) is 3.20. The molecule has 25 heavy (non-hydrogen) atoms. The van der Waals surface area contributed by atoms with Crippen LogP contribution in [0.5, 0.6) is 0 Å². The molecule has 3 rings (SSSR count). The summed E-state index contributed by atoms with van der Waals surface area (Å²) in [5.41, 5.74) is 1.50. The summed E-state index contributed by atoms with van der Waals surface area (Å²) in [7, 11) is 1.82. The predicted molar refractivity (Wildman–Crippen MR) is 89.6 cm³/mol. The van der Waals surface area contributed by atoms with Crippen LogP contribution in [0.2, 0.25) is 0 Å². The smallest absolute Gasteiger partial charge is 0.257 e. The van der Waals surface area contributed by atoms with Gasteiger partial charge in [0.25, 0.3) is 5.91 Å². The first kappa shape index (κ1) is 17.1. The standard InChI is InChI=1S/C16H23N7O2/c1-10-8-23(16(25)12-7-19-22(3)11(12)2)5-4-13(10)20-15(24)6-14-17-9-18-21-14/h7,9-10,13H,4-6,8H2,1-3H3,(H,20,24)(H,17,18,21). The second-order valence-corrected chi connectivity index (χ2v) is 6.57. The van der Waals surface area contributed by atoms with Gasteiger partial charge in [0.15, 0.2) is 0 Å². The van der Waals surface area contributed by atoms with Gasteiger partial charge in [-0.25, -0.2) is 4.98 Å². The van der Waals surface area contributed by atoms with Crippen LogP contribution in [-0.2, 0) is 18.3 Å². The summed E-state index contributed by atoms with van der Waals surface area (Å²) in [4.78, 5) is 30.6. The van der Waals surface area contributed by atoms with Crippen LogP contribution >= 0.6 is 0 Å². The molecule has 9 nitrogen and oxygen atoms in total. The van der Waals surface area contributed by atoms with E-state index in [4.69, 9.17) is 0 Å². The molecule has 0 saturated carbocycles. The van der Waals surface area contributed by atoms with Crippen LogP contribution in [0.1, 0.15) is 35.2 Å². The molecular weight excluding hydrogens is 322 g/mol. The Labute approximate surface area is 145 Å². The van der Waals surface area contributed by atoms with E-state index in [1.807, 2.05) is 18.9 Å². The summed E-state index contributed by atoms with van der Waals surface area (Å²) in [6.45, 7) is 5.17. The van der Waals surface area contributed by atoms with Crippen molar-refractivity contribution in [3.8, 4) is 0 Å². The largest absolute Gasteiger partial charge is 0.353 e. The van der Waals surface area contributed by atoms with Gasteiger partial charge in [-0.2, -0.15) is 10.2 Å². The van der Waals surface area contributed by atoms with Gasteiger partial charge in [0.2, 0.25) is 5.91 Å². The van der Waals surface area contributed by atoms with Crippen molar-refractivity contribution in [3.05, 3.63) is 29.6 Å². The Bertz CT molecular complexity index is 753. The molecule has 1 aliphatic heterocycles. The van der Waals surface area contributed by atoms with E-state index >= 15 is 0 Å². The average molecular weight is 345 g/mol. The fourth-order valence-electron chi connectivity index (χ4n) is 3.15. The summed E-state index contributed by atoms with van der Waals surface area (Å²) in [5, 5.41) is 13.6. The minimum absolute atomic E-state index is 0.00360. The third-order valence-electron chi connectivity index (χ3n) is 4.80. The number of aromatic amines is 1. The molecule has 3 heterocycles. The van der Waals surface area contributed by atoms with E-state index in [1.165, 1.54) is 6.33 Å². The molecule has 2 N–H and O–H groups in total. The molecule has 2 unspecified atom stereocenters. The summed E-state index contributed by atoms with van der Waals surface area (Å²) in [5.74, 6) is 0.638. The number of aromatic nitrogens is 5. The SMILES string of the molecule is Cc1c(C(=O)N2CCC(NC(=O)Cc3ncn[nH]3)C(C)C2)cnn1C. The van der Waals surface area contributed by atoms with Gasteiger partial charge in [0.05, 0.1) is 18.2 Å². The molecule has 2 aromatic heterocycles. The monoisotopic (exact) mass is 345 g/mol. The van der Waals surface area contributed by atoms with Crippen molar-refractivity contribution in [1.29, 1.82) is 0 Å². The molecule has 0 aliphatic carbocycles. The van der Waals surface area contributed by atoms with Gasteiger partial charge in [-0.05, 0) is 19.3 Å². The lowest BCUT2D eigenvalue weighted by molar-refractivity contribution is -0.121. The number of rotatable bonds is 4. The number of H-pyrrole nitrogens is 1. The zero-order valence-electron chi connectivity index (χ0n) is 14.7. The van der Waals surface area contributed by atoms with Crippen LogP contribution in [0, 0.1) is 12.8 Å². The summed E-state index contributed by atoms with van der Waals surface area (Å²) >= 11 is 0. The first-order chi connectivity index (χ1) is 12.0. The fraction of sp³-hybridized carbons (Fsp3) is 0.562. The lowest BCUT2D eigenvalue weighted by Gasteiger charge is -2.37. The number of nitrogens with one attached hydrogen (secondary N) is 2. The predicted octanol–water partition coefficient (Wildman–Crippen LogP) is 0.0561. The van der Waals surface area contributed by atoms with Crippen LogP contribution in [0.3, 0.4) is 0 Å². The highest BCUT2D eigenvalue weighted by Gasteiger charge is 2.31. The lowest BCUT2D eigenvalue weighted by atomic mass is 9.93. The molecule has 1 aliphatic rings. The topological polar surface area (TPSA) is 109 Å². The van der Waals surface area contributed by atoms with Crippen molar-refractivity contribution in [2.75, 3.05) is 13.1 Å². The van der Waals surface area contributed by atoms with Gasteiger partial charge in [0, 0.05) is 31.9 Å². The first-order valence-corrected chi connectivity index (χ1v) is 8.37. The van der Waals surface area contributed by atoms with Gasteiger partial charge < -0.3 is 10.2 Å². The lowest BCUT2D eigenvalue weighted by Crippen LogP contribution is -2.51. The van der Waals surface area contributed by atoms with E-state index in [1.54, 1.807) is 10.9 Å². The van der Waals surface area contributed by atoms with Crippen molar-refractivity contribution < 1.29 is 9.59 Å². The fourth-order valence-corrected chi connectivity index (χ4v) is 3.15. The Balaban J connectivity index is 1.56.